The molecule has 1 rings (SSSR count). The minimum atomic E-state index is -0.204. The van der Waals surface area contributed by atoms with Gasteiger partial charge in [0.25, 0.3) is 0 Å². The fraction of sp³-hybridized carbons (Fsp3) is 0.667. The molecule has 68 valence electrons. The van der Waals surface area contributed by atoms with Gasteiger partial charge in [-0.1, -0.05) is 20.8 Å². The molecule has 1 aromatic rings. The lowest BCUT2D eigenvalue weighted by Crippen LogP contribution is -2.14. The van der Waals surface area contributed by atoms with Crippen LogP contribution in [-0.4, -0.2) is 9.78 Å². The Bertz CT molecular complexity index is 271. The number of hydrogen-bond acceptors (Lipinski definition) is 1. The van der Waals surface area contributed by atoms with Crippen molar-refractivity contribution in [1.29, 1.82) is 0 Å². The molecule has 0 aliphatic rings. The Kier molecular flexibility index (Phi) is 2.22. The average molecular weight is 170 g/mol. The average Bonchev–Trinajstić information content (AvgIpc) is 2.29. The maximum atomic E-state index is 13.2. The van der Waals surface area contributed by atoms with Crippen LogP contribution in [0.2, 0.25) is 0 Å². The zero-order valence-corrected chi connectivity index (χ0v) is 8.06. The lowest BCUT2D eigenvalue weighted by Gasteiger charge is -2.14. The second kappa shape index (κ2) is 2.88. The summed E-state index contributed by atoms with van der Waals surface area (Å²) < 4.78 is 14.8. The molecule has 0 bridgehead atoms. The summed E-state index contributed by atoms with van der Waals surface area (Å²) in [4.78, 5) is 0. The highest BCUT2D eigenvalue weighted by Gasteiger charge is 2.22. The van der Waals surface area contributed by atoms with Crippen LogP contribution in [-0.2, 0) is 12.0 Å². The Labute approximate surface area is 72.4 Å². The number of hydrogen-bond donors (Lipinski definition) is 0. The van der Waals surface area contributed by atoms with E-state index in [1.54, 1.807) is 4.68 Å². The van der Waals surface area contributed by atoms with E-state index in [9.17, 15) is 4.39 Å². The van der Waals surface area contributed by atoms with E-state index in [-0.39, 0.29) is 11.2 Å². The van der Waals surface area contributed by atoms with Crippen molar-refractivity contribution in [1.82, 2.24) is 9.78 Å². The Hall–Kier alpha value is -0.860. The van der Waals surface area contributed by atoms with Gasteiger partial charge in [0.15, 0.2) is 5.82 Å². The van der Waals surface area contributed by atoms with Crippen molar-refractivity contribution in [3.8, 4) is 0 Å². The quantitative estimate of drug-likeness (QED) is 0.632. The van der Waals surface area contributed by atoms with E-state index in [0.717, 1.165) is 0 Å². The van der Waals surface area contributed by atoms with Crippen molar-refractivity contribution in [2.24, 2.45) is 0 Å². The predicted octanol–water partition coefficient (Wildman–Crippen LogP) is 2.34. The van der Waals surface area contributed by atoms with Crippen molar-refractivity contribution in [3.05, 3.63) is 17.7 Å². The van der Waals surface area contributed by atoms with Gasteiger partial charge in [-0.15, -0.1) is 0 Å². The van der Waals surface area contributed by atoms with Gasteiger partial charge in [-0.25, -0.2) is 4.39 Å². The summed E-state index contributed by atoms with van der Waals surface area (Å²) >= 11 is 0. The second-order valence-corrected chi connectivity index (χ2v) is 3.93. The fourth-order valence-electron chi connectivity index (χ4n) is 1.07. The molecule has 0 N–H and O–H groups in total. The van der Waals surface area contributed by atoms with E-state index < -0.39 is 0 Å². The first kappa shape index (κ1) is 9.23. The minimum Gasteiger partial charge on any atom is -0.270 e. The third kappa shape index (κ3) is 1.65. The van der Waals surface area contributed by atoms with Gasteiger partial charge in [-0.05, 0) is 6.92 Å². The zero-order valence-electron chi connectivity index (χ0n) is 8.06. The van der Waals surface area contributed by atoms with Crippen LogP contribution in [0.15, 0.2) is 6.20 Å². The molecule has 0 amide bonds. The van der Waals surface area contributed by atoms with Gasteiger partial charge < -0.3 is 0 Å². The molecule has 0 aliphatic heterocycles. The van der Waals surface area contributed by atoms with Gasteiger partial charge >= 0.3 is 0 Å². The lowest BCUT2D eigenvalue weighted by molar-refractivity contribution is 0.506. The smallest absolute Gasteiger partial charge is 0.164 e. The van der Waals surface area contributed by atoms with Crippen molar-refractivity contribution in [2.75, 3.05) is 0 Å². The number of aromatic nitrogens is 2. The molecule has 1 heterocycles. The van der Waals surface area contributed by atoms with Crippen LogP contribution < -0.4 is 0 Å². The molecule has 12 heavy (non-hydrogen) atoms. The highest BCUT2D eigenvalue weighted by atomic mass is 19.1. The second-order valence-electron chi connectivity index (χ2n) is 3.93. The Morgan fingerprint density at radius 2 is 2.08 bits per heavy atom. The molecule has 0 spiro atoms. The molecular formula is C9H15FN2. The highest BCUT2D eigenvalue weighted by Crippen LogP contribution is 2.22. The molecule has 0 unspecified atom stereocenters. The van der Waals surface area contributed by atoms with E-state index in [4.69, 9.17) is 0 Å². The van der Waals surface area contributed by atoms with Gasteiger partial charge in [-0.3, -0.25) is 4.68 Å². The van der Waals surface area contributed by atoms with Crippen LogP contribution >= 0.6 is 0 Å². The van der Waals surface area contributed by atoms with Gasteiger partial charge in [0, 0.05) is 12.0 Å². The molecule has 0 atom stereocenters. The third-order valence-electron chi connectivity index (χ3n) is 1.75. The molecule has 3 heteroatoms. The first-order valence-corrected chi connectivity index (χ1v) is 4.18. The van der Waals surface area contributed by atoms with Crippen molar-refractivity contribution in [2.45, 2.75) is 39.7 Å². The standard InChI is InChI=1S/C9H15FN2/c1-5-12-6-7(10)8(11-12)9(2,3)4/h6H,5H2,1-4H3. The molecular weight excluding hydrogens is 155 g/mol. The summed E-state index contributed by atoms with van der Waals surface area (Å²) in [5.41, 5.74) is 0.342. The van der Waals surface area contributed by atoms with Crippen LogP contribution in [0.5, 0.6) is 0 Å². The van der Waals surface area contributed by atoms with E-state index in [1.807, 2.05) is 27.7 Å². The summed E-state index contributed by atoms with van der Waals surface area (Å²) in [6.07, 6.45) is 1.45. The maximum Gasteiger partial charge on any atom is 0.164 e. The Morgan fingerprint density at radius 1 is 1.50 bits per heavy atom. The number of aryl methyl sites for hydroxylation is 1. The molecule has 0 aliphatic carbocycles. The largest absolute Gasteiger partial charge is 0.270 e. The highest BCUT2D eigenvalue weighted by molar-refractivity contribution is 5.13. The van der Waals surface area contributed by atoms with E-state index >= 15 is 0 Å². The summed E-state index contributed by atoms with van der Waals surface area (Å²) in [7, 11) is 0. The van der Waals surface area contributed by atoms with Gasteiger partial charge in [0.1, 0.15) is 5.69 Å². The molecule has 0 aromatic carbocycles. The van der Waals surface area contributed by atoms with Gasteiger partial charge in [-0.2, -0.15) is 5.10 Å². The van der Waals surface area contributed by atoms with Gasteiger partial charge in [0.2, 0.25) is 0 Å². The predicted molar refractivity (Wildman–Crippen MR) is 46.6 cm³/mol. The molecule has 0 fully saturated rings. The summed E-state index contributed by atoms with van der Waals surface area (Å²) in [6.45, 7) is 8.53. The van der Waals surface area contributed by atoms with Crippen molar-refractivity contribution < 1.29 is 4.39 Å². The van der Waals surface area contributed by atoms with Crippen LogP contribution in [0.1, 0.15) is 33.4 Å². The van der Waals surface area contributed by atoms with E-state index in [0.29, 0.717) is 12.2 Å². The monoisotopic (exact) mass is 170 g/mol. The van der Waals surface area contributed by atoms with E-state index in [1.165, 1.54) is 6.20 Å². The van der Waals surface area contributed by atoms with Gasteiger partial charge in [0.05, 0.1) is 6.20 Å². The first-order valence-electron chi connectivity index (χ1n) is 4.18. The van der Waals surface area contributed by atoms with Crippen molar-refractivity contribution >= 4 is 0 Å². The zero-order chi connectivity index (χ0) is 9.35. The lowest BCUT2D eigenvalue weighted by atomic mass is 9.92. The molecule has 0 saturated carbocycles. The topological polar surface area (TPSA) is 17.8 Å². The number of nitrogens with zero attached hydrogens (tertiary/aromatic N) is 2. The Morgan fingerprint density at radius 3 is 2.33 bits per heavy atom. The Balaban J connectivity index is 3.08. The minimum absolute atomic E-state index is 0.204. The molecule has 1 aromatic heterocycles. The van der Waals surface area contributed by atoms with Crippen LogP contribution in [0.25, 0.3) is 0 Å². The normalized spacial score (nSPS) is 12.1. The third-order valence-corrected chi connectivity index (χ3v) is 1.75. The summed E-state index contributed by atoms with van der Waals surface area (Å²) in [5.74, 6) is -0.204. The number of rotatable bonds is 1. The molecule has 0 radical (unpaired) electrons. The van der Waals surface area contributed by atoms with Crippen LogP contribution in [0.3, 0.4) is 0 Å². The number of halogens is 1. The fourth-order valence-corrected chi connectivity index (χ4v) is 1.07. The van der Waals surface area contributed by atoms with Crippen molar-refractivity contribution in [3.63, 3.8) is 0 Å². The first-order chi connectivity index (χ1) is 5.45. The SMILES string of the molecule is CCn1cc(F)c(C(C)(C)C)n1. The van der Waals surface area contributed by atoms with Crippen LogP contribution in [0.4, 0.5) is 4.39 Å². The van der Waals surface area contributed by atoms with Crippen LogP contribution in [0, 0.1) is 5.82 Å². The summed E-state index contributed by atoms with van der Waals surface area (Å²) in [6, 6.07) is 0. The molecule has 0 saturated heterocycles. The summed E-state index contributed by atoms with van der Waals surface area (Å²) in [5, 5.41) is 4.14. The maximum absolute atomic E-state index is 13.2. The molecule has 2 nitrogen and oxygen atoms in total. The van der Waals surface area contributed by atoms with E-state index in [2.05, 4.69) is 5.10 Å².